The van der Waals surface area contributed by atoms with Crippen molar-refractivity contribution in [2.45, 2.75) is 26.7 Å². The smallest absolute Gasteiger partial charge is 0.150 e. The van der Waals surface area contributed by atoms with E-state index in [1.807, 2.05) is 66.7 Å². The van der Waals surface area contributed by atoms with E-state index in [9.17, 15) is 5.11 Å². The van der Waals surface area contributed by atoms with Crippen LogP contribution in [0.25, 0.3) is 40.0 Å². The maximum absolute atomic E-state index is 11.6. The first-order valence-corrected chi connectivity index (χ1v) is 12.4. The van der Waals surface area contributed by atoms with Gasteiger partial charge in [-0.05, 0) is 64.9 Å². The highest BCUT2D eigenvalue weighted by atomic mass is 16.3. The minimum atomic E-state index is 0.179. The molecular formula is C32H29N3O. The highest BCUT2D eigenvalue weighted by molar-refractivity contribution is 5.89. The number of phenolic OH excluding ortho intramolecular Hbond substituents is 1. The number of hydrogen-bond acceptors (Lipinski definition) is 3. The van der Waals surface area contributed by atoms with Gasteiger partial charge in [-0.15, -0.1) is 15.0 Å². The van der Waals surface area contributed by atoms with Crippen molar-refractivity contribution in [3.8, 4) is 11.4 Å². The fourth-order valence-electron chi connectivity index (χ4n) is 4.43. The Kier molecular flexibility index (Phi) is 6.76. The van der Waals surface area contributed by atoms with Crippen LogP contribution in [0.1, 0.15) is 48.9 Å². The quantitative estimate of drug-likeness (QED) is 0.244. The molecule has 5 aromatic rings. The van der Waals surface area contributed by atoms with Crippen molar-refractivity contribution in [1.29, 1.82) is 0 Å². The molecular weight excluding hydrogens is 442 g/mol. The summed E-state index contributed by atoms with van der Waals surface area (Å²) in [6.07, 6.45) is 5.96. The minimum absolute atomic E-state index is 0.179. The first-order chi connectivity index (χ1) is 17.7. The van der Waals surface area contributed by atoms with Gasteiger partial charge in [-0.2, -0.15) is 0 Å². The SMILES string of the molecule is CCC(=Cc1ccccc1)c1cc(C(=Cc2ccccc2)CC)c(O)c(-n2nc3ccccc3n2)c1. The molecule has 1 heterocycles. The third-order valence-corrected chi connectivity index (χ3v) is 6.35. The minimum Gasteiger partial charge on any atom is -0.505 e. The summed E-state index contributed by atoms with van der Waals surface area (Å²) in [6, 6.07) is 32.4. The van der Waals surface area contributed by atoms with Crippen LogP contribution in [0, 0.1) is 0 Å². The molecule has 4 heteroatoms. The lowest BCUT2D eigenvalue weighted by Gasteiger charge is -2.16. The van der Waals surface area contributed by atoms with Gasteiger partial charge < -0.3 is 5.11 Å². The van der Waals surface area contributed by atoms with Gasteiger partial charge in [-0.3, -0.25) is 0 Å². The number of benzene rings is 4. The van der Waals surface area contributed by atoms with E-state index in [4.69, 9.17) is 0 Å². The average molecular weight is 472 g/mol. The molecule has 0 aliphatic carbocycles. The van der Waals surface area contributed by atoms with Crippen LogP contribution < -0.4 is 0 Å². The van der Waals surface area contributed by atoms with E-state index in [-0.39, 0.29) is 5.75 Å². The van der Waals surface area contributed by atoms with Crippen LogP contribution in [-0.2, 0) is 0 Å². The average Bonchev–Trinajstić information content (AvgIpc) is 3.36. The van der Waals surface area contributed by atoms with Crippen molar-refractivity contribution in [3.05, 3.63) is 119 Å². The van der Waals surface area contributed by atoms with Gasteiger partial charge in [0.2, 0.25) is 0 Å². The van der Waals surface area contributed by atoms with Gasteiger partial charge >= 0.3 is 0 Å². The van der Waals surface area contributed by atoms with Crippen LogP contribution >= 0.6 is 0 Å². The summed E-state index contributed by atoms with van der Waals surface area (Å²) >= 11 is 0. The van der Waals surface area contributed by atoms with Crippen molar-refractivity contribution >= 4 is 34.3 Å². The Bertz CT molecular complexity index is 1510. The molecule has 0 atom stereocenters. The number of phenols is 1. The van der Waals surface area contributed by atoms with E-state index in [0.29, 0.717) is 5.69 Å². The molecule has 0 aliphatic rings. The fourth-order valence-corrected chi connectivity index (χ4v) is 4.43. The van der Waals surface area contributed by atoms with E-state index in [1.165, 1.54) is 5.57 Å². The maximum Gasteiger partial charge on any atom is 0.150 e. The second kappa shape index (κ2) is 10.4. The second-order valence-corrected chi connectivity index (χ2v) is 8.74. The zero-order valence-corrected chi connectivity index (χ0v) is 20.6. The number of hydrogen-bond donors (Lipinski definition) is 1. The third kappa shape index (κ3) is 4.84. The summed E-state index contributed by atoms with van der Waals surface area (Å²) in [5.74, 6) is 0.179. The van der Waals surface area contributed by atoms with Gasteiger partial charge in [0.1, 0.15) is 16.7 Å². The molecule has 4 aromatic carbocycles. The second-order valence-electron chi connectivity index (χ2n) is 8.74. The Morgan fingerprint density at radius 2 is 1.19 bits per heavy atom. The van der Waals surface area contributed by atoms with Crippen LogP contribution in [0.15, 0.2) is 97.1 Å². The largest absolute Gasteiger partial charge is 0.505 e. The predicted octanol–water partition coefficient (Wildman–Crippen LogP) is 8.03. The van der Waals surface area contributed by atoms with Gasteiger partial charge in [0, 0.05) is 5.56 Å². The van der Waals surface area contributed by atoms with Crippen LogP contribution in [-0.4, -0.2) is 20.1 Å². The first-order valence-electron chi connectivity index (χ1n) is 12.4. The number of nitrogens with zero attached hydrogens (tertiary/aromatic N) is 3. The molecule has 0 unspecified atom stereocenters. The third-order valence-electron chi connectivity index (χ3n) is 6.35. The molecule has 1 N–H and O–H groups in total. The molecule has 0 fully saturated rings. The molecule has 0 amide bonds. The van der Waals surface area contributed by atoms with E-state index in [2.05, 4.69) is 66.5 Å². The van der Waals surface area contributed by atoms with E-state index in [0.717, 1.165) is 51.7 Å². The van der Waals surface area contributed by atoms with Crippen molar-refractivity contribution in [3.63, 3.8) is 0 Å². The number of allylic oxidation sites excluding steroid dienone is 2. The van der Waals surface area contributed by atoms with Gasteiger partial charge in [-0.1, -0.05) is 98.8 Å². The molecule has 0 spiro atoms. The zero-order valence-electron chi connectivity index (χ0n) is 20.6. The topological polar surface area (TPSA) is 50.9 Å². The highest BCUT2D eigenvalue weighted by Gasteiger charge is 2.18. The summed E-state index contributed by atoms with van der Waals surface area (Å²) in [5, 5.41) is 20.9. The molecule has 0 saturated carbocycles. The van der Waals surface area contributed by atoms with Crippen LogP contribution in [0.5, 0.6) is 5.75 Å². The molecule has 36 heavy (non-hydrogen) atoms. The molecule has 1 aromatic heterocycles. The number of aromatic hydroxyl groups is 1. The molecule has 0 radical (unpaired) electrons. The number of rotatable bonds is 7. The molecule has 0 aliphatic heterocycles. The predicted molar refractivity (Wildman–Crippen MR) is 150 cm³/mol. The van der Waals surface area contributed by atoms with Crippen molar-refractivity contribution < 1.29 is 5.11 Å². The Balaban J connectivity index is 1.73. The summed E-state index contributed by atoms with van der Waals surface area (Å²) in [7, 11) is 0. The van der Waals surface area contributed by atoms with Gasteiger partial charge in [0.05, 0.1) is 0 Å². The zero-order chi connectivity index (χ0) is 24.9. The van der Waals surface area contributed by atoms with Crippen molar-refractivity contribution in [2.24, 2.45) is 0 Å². The standard InChI is InChI=1S/C32H29N3O/c1-3-25(19-23-13-7-5-8-14-23)27-21-28(26(4-2)20-24-15-9-6-10-16-24)32(36)31(22-27)35-33-29-17-11-12-18-30(29)34-35/h5-22,36H,3-4H2,1-2H3. The first kappa shape index (κ1) is 23.3. The molecule has 178 valence electrons. The van der Waals surface area contributed by atoms with Crippen LogP contribution in [0.4, 0.5) is 0 Å². The molecule has 0 saturated heterocycles. The van der Waals surface area contributed by atoms with E-state index >= 15 is 0 Å². The van der Waals surface area contributed by atoms with Crippen molar-refractivity contribution in [1.82, 2.24) is 15.0 Å². The van der Waals surface area contributed by atoms with Crippen LogP contribution in [0.3, 0.4) is 0 Å². The normalized spacial score (nSPS) is 12.3. The Labute approximate surface area is 211 Å². The maximum atomic E-state index is 11.6. The van der Waals surface area contributed by atoms with Gasteiger partial charge in [0.25, 0.3) is 0 Å². The number of fused-ring (bicyclic) bond motifs is 1. The lowest BCUT2D eigenvalue weighted by atomic mass is 9.92. The van der Waals surface area contributed by atoms with Crippen molar-refractivity contribution in [2.75, 3.05) is 0 Å². The number of aromatic nitrogens is 3. The summed E-state index contributed by atoms with van der Waals surface area (Å²) in [5.41, 5.74) is 8.44. The van der Waals surface area contributed by atoms with Crippen LogP contribution in [0.2, 0.25) is 0 Å². The lowest BCUT2D eigenvalue weighted by molar-refractivity contribution is 0.466. The Morgan fingerprint density at radius 3 is 1.72 bits per heavy atom. The highest BCUT2D eigenvalue weighted by Crippen LogP contribution is 2.38. The Morgan fingerprint density at radius 1 is 0.694 bits per heavy atom. The molecule has 0 bridgehead atoms. The Hall–Kier alpha value is -4.44. The van der Waals surface area contributed by atoms with Gasteiger partial charge in [-0.25, -0.2) is 0 Å². The molecule has 4 nitrogen and oxygen atoms in total. The monoisotopic (exact) mass is 471 g/mol. The van der Waals surface area contributed by atoms with E-state index < -0.39 is 0 Å². The summed E-state index contributed by atoms with van der Waals surface area (Å²) < 4.78 is 0. The summed E-state index contributed by atoms with van der Waals surface area (Å²) in [4.78, 5) is 1.55. The fraction of sp³-hybridized carbons (Fsp3) is 0.125. The lowest BCUT2D eigenvalue weighted by Crippen LogP contribution is -2.03. The van der Waals surface area contributed by atoms with Gasteiger partial charge in [0.15, 0.2) is 5.75 Å². The summed E-state index contributed by atoms with van der Waals surface area (Å²) in [6.45, 7) is 4.27. The molecule has 5 rings (SSSR count). The van der Waals surface area contributed by atoms with E-state index in [1.54, 1.807) is 4.80 Å².